The maximum absolute atomic E-state index is 8.97. The van der Waals surface area contributed by atoms with E-state index in [1.54, 1.807) is 0 Å². The number of benzene rings is 2. The molecular weight excluding hydrogens is 243 g/mol. The smallest absolute Gasteiger partial charge is 0.142 e. The Kier molecular flexibility index (Phi) is 3.22. The Hall–Kier alpha value is -2.60. The van der Waals surface area contributed by atoms with Crippen LogP contribution in [0.3, 0.4) is 0 Å². The van der Waals surface area contributed by atoms with Gasteiger partial charge in [0.1, 0.15) is 7.85 Å². The minimum atomic E-state index is 0.693. The molecular formula is C17H13BN2. The fraction of sp³-hybridized carbons (Fsp3) is 0.0588. The van der Waals surface area contributed by atoms with Gasteiger partial charge in [-0.05, 0) is 23.1 Å². The fourth-order valence-electron chi connectivity index (χ4n) is 2.48. The topological polar surface area (TPSA) is 36.7 Å². The Balaban J connectivity index is 2.07. The highest BCUT2D eigenvalue weighted by molar-refractivity contribution is 6.38. The summed E-state index contributed by atoms with van der Waals surface area (Å²) in [5, 5.41) is 11.4. The highest BCUT2D eigenvalue weighted by Gasteiger charge is 2.06. The lowest BCUT2D eigenvalue weighted by Crippen LogP contribution is -2.08. The van der Waals surface area contributed by atoms with Crippen LogP contribution in [0.4, 0.5) is 0 Å². The van der Waals surface area contributed by atoms with Crippen LogP contribution in [0.15, 0.2) is 54.7 Å². The van der Waals surface area contributed by atoms with Gasteiger partial charge >= 0.3 is 0 Å². The van der Waals surface area contributed by atoms with Crippen LogP contribution in [0.5, 0.6) is 0 Å². The van der Waals surface area contributed by atoms with Gasteiger partial charge < -0.3 is 0 Å². The van der Waals surface area contributed by atoms with E-state index in [0.717, 1.165) is 17.7 Å². The lowest BCUT2D eigenvalue weighted by Gasteiger charge is -2.08. The second-order valence-electron chi connectivity index (χ2n) is 4.92. The number of hydrogen-bond donors (Lipinski definition) is 0. The molecule has 0 saturated carbocycles. The van der Waals surface area contributed by atoms with Crippen molar-refractivity contribution in [2.45, 2.75) is 6.42 Å². The van der Waals surface area contributed by atoms with Gasteiger partial charge in [0, 0.05) is 18.0 Å². The zero-order valence-electron chi connectivity index (χ0n) is 11.3. The van der Waals surface area contributed by atoms with Gasteiger partial charge in [0.25, 0.3) is 0 Å². The van der Waals surface area contributed by atoms with Crippen LogP contribution >= 0.6 is 0 Å². The number of fused-ring (bicyclic) bond motifs is 1. The molecule has 1 aromatic heterocycles. The average Bonchev–Trinajstić information content (AvgIpc) is 2.51. The van der Waals surface area contributed by atoms with E-state index in [4.69, 9.17) is 5.26 Å². The highest BCUT2D eigenvalue weighted by Crippen LogP contribution is 2.18. The third kappa shape index (κ3) is 2.28. The second-order valence-corrected chi connectivity index (χ2v) is 4.92. The molecule has 0 N–H and O–H groups in total. The van der Waals surface area contributed by atoms with Gasteiger partial charge in [0.05, 0.1) is 17.3 Å². The standard InChI is InChI=1S/C17H13BN2/c18-16-11-20-17(15-7-2-1-6-14(15)16)9-12-4-3-5-13(8-12)10-19/h1-8,11H,9,18H2. The molecule has 3 aromatic rings. The molecule has 0 spiro atoms. The predicted octanol–water partition coefficient (Wildman–Crippen LogP) is 1.96. The Labute approximate surface area is 119 Å². The fourth-order valence-corrected chi connectivity index (χ4v) is 2.48. The largest absolute Gasteiger partial charge is 0.261 e. The first-order valence-electron chi connectivity index (χ1n) is 6.60. The van der Waals surface area contributed by atoms with Crippen molar-refractivity contribution in [3.8, 4) is 6.07 Å². The summed E-state index contributed by atoms with van der Waals surface area (Å²) in [7, 11) is 2.08. The molecule has 0 saturated heterocycles. The molecule has 94 valence electrons. The molecule has 0 atom stereocenters. The summed E-state index contributed by atoms with van der Waals surface area (Å²) in [6, 6.07) is 18.2. The lowest BCUT2D eigenvalue weighted by atomic mass is 9.90. The van der Waals surface area contributed by atoms with Gasteiger partial charge in [-0.1, -0.05) is 41.9 Å². The predicted molar refractivity (Wildman–Crippen MR) is 83.9 cm³/mol. The minimum absolute atomic E-state index is 0.693. The molecule has 0 aliphatic heterocycles. The van der Waals surface area contributed by atoms with Crippen molar-refractivity contribution < 1.29 is 0 Å². The summed E-state index contributed by atoms with van der Waals surface area (Å²) in [6.45, 7) is 0. The summed E-state index contributed by atoms with van der Waals surface area (Å²) in [5.41, 5.74) is 4.06. The average molecular weight is 256 g/mol. The van der Waals surface area contributed by atoms with Crippen LogP contribution in [-0.2, 0) is 6.42 Å². The summed E-state index contributed by atoms with van der Waals surface area (Å²) in [6.07, 6.45) is 2.67. The van der Waals surface area contributed by atoms with Crippen LogP contribution in [0.25, 0.3) is 10.8 Å². The Morgan fingerprint density at radius 3 is 2.65 bits per heavy atom. The first-order valence-corrected chi connectivity index (χ1v) is 6.60. The van der Waals surface area contributed by atoms with E-state index in [1.807, 2.05) is 36.5 Å². The molecule has 0 bridgehead atoms. The molecule has 20 heavy (non-hydrogen) atoms. The molecule has 0 unspecified atom stereocenters. The van der Waals surface area contributed by atoms with Crippen LogP contribution in [0.2, 0.25) is 0 Å². The molecule has 0 radical (unpaired) electrons. The summed E-state index contributed by atoms with van der Waals surface area (Å²) >= 11 is 0. The molecule has 0 fully saturated rings. The quantitative estimate of drug-likeness (QED) is 0.657. The van der Waals surface area contributed by atoms with E-state index in [2.05, 4.69) is 37.1 Å². The van der Waals surface area contributed by atoms with E-state index in [0.29, 0.717) is 5.56 Å². The molecule has 1 heterocycles. The molecule has 2 aromatic carbocycles. The van der Waals surface area contributed by atoms with Crippen molar-refractivity contribution in [3.05, 3.63) is 71.5 Å². The Morgan fingerprint density at radius 2 is 1.85 bits per heavy atom. The summed E-state index contributed by atoms with van der Waals surface area (Å²) < 4.78 is 0. The summed E-state index contributed by atoms with van der Waals surface area (Å²) in [4.78, 5) is 4.57. The number of pyridine rings is 1. The molecule has 0 amide bonds. The minimum Gasteiger partial charge on any atom is -0.261 e. The molecule has 0 aliphatic rings. The van der Waals surface area contributed by atoms with E-state index >= 15 is 0 Å². The maximum Gasteiger partial charge on any atom is 0.142 e. The van der Waals surface area contributed by atoms with Gasteiger partial charge in [-0.25, -0.2) is 0 Å². The number of nitriles is 1. The number of aromatic nitrogens is 1. The van der Waals surface area contributed by atoms with Gasteiger partial charge in [-0.3, -0.25) is 4.98 Å². The number of hydrogen-bond acceptors (Lipinski definition) is 2. The highest BCUT2D eigenvalue weighted by atomic mass is 14.7. The molecule has 3 heteroatoms. The van der Waals surface area contributed by atoms with Crippen molar-refractivity contribution in [2.24, 2.45) is 0 Å². The third-order valence-corrected chi connectivity index (χ3v) is 3.50. The molecule has 0 aliphatic carbocycles. The second kappa shape index (κ2) is 5.18. The Bertz CT molecular complexity index is 819. The summed E-state index contributed by atoms with van der Waals surface area (Å²) in [5.74, 6) is 0. The van der Waals surface area contributed by atoms with Crippen molar-refractivity contribution in [2.75, 3.05) is 0 Å². The maximum atomic E-state index is 8.97. The van der Waals surface area contributed by atoms with E-state index < -0.39 is 0 Å². The van der Waals surface area contributed by atoms with E-state index in [1.165, 1.54) is 16.2 Å². The molecule has 3 rings (SSSR count). The Morgan fingerprint density at radius 1 is 1.05 bits per heavy atom. The normalized spacial score (nSPS) is 10.3. The SMILES string of the molecule is Bc1cnc(Cc2cccc(C#N)c2)c2ccccc12. The first-order chi connectivity index (χ1) is 9.78. The van der Waals surface area contributed by atoms with Gasteiger partial charge in [0.15, 0.2) is 0 Å². The monoisotopic (exact) mass is 256 g/mol. The zero-order valence-corrected chi connectivity index (χ0v) is 11.3. The van der Waals surface area contributed by atoms with Crippen LogP contribution in [0.1, 0.15) is 16.8 Å². The van der Waals surface area contributed by atoms with Crippen molar-refractivity contribution in [3.63, 3.8) is 0 Å². The lowest BCUT2D eigenvalue weighted by molar-refractivity contribution is 1.10. The van der Waals surface area contributed by atoms with Gasteiger partial charge in [0.2, 0.25) is 0 Å². The van der Waals surface area contributed by atoms with E-state index in [-0.39, 0.29) is 0 Å². The van der Waals surface area contributed by atoms with Crippen LogP contribution < -0.4 is 5.46 Å². The van der Waals surface area contributed by atoms with Crippen LogP contribution in [0, 0.1) is 11.3 Å². The number of nitrogens with zero attached hydrogens (tertiary/aromatic N) is 2. The van der Waals surface area contributed by atoms with Crippen molar-refractivity contribution in [1.29, 1.82) is 5.26 Å². The van der Waals surface area contributed by atoms with E-state index in [9.17, 15) is 0 Å². The first kappa shape index (κ1) is 12.4. The van der Waals surface area contributed by atoms with Crippen molar-refractivity contribution >= 4 is 24.1 Å². The van der Waals surface area contributed by atoms with Crippen molar-refractivity contribution in [1.82, 2.24) is 4.98 Å². The van der Waals surface area contributed by atoms with Gasteiger partial charge in [-0.15, -0.1) is 0 Å². The number of rotatable bonds is 2. The van der Waals surface area contributed by atoms with Gasteiger partial charge in [-0.2, -0.15) is 5.26 Å². The third-order valence-electron chi connectivity index (χ3n) is 3.50. The molecule has 2 nitrogen and oxygen atoms in total. The zero-order chi connectivity index (χ0) is 13.9. The van der Waals surface area contributed by atoms with Crippen LogP contribution in [-0.4, -0.2) is 12.8 Å².